The highest BCUT2D eigenvalue weighted by Gasteiger charge is 2.22. The maximum atomic E-state index is 4.46. The summed E-state index contributed by atoms with van der Waals surface area (Å²) in [7, 11) is 0. The van der Waals surface area contributed by atoms with Gasteiger partial charge in [-0.25, -0.2) is 9.97 Å². The lowest BCUT2D eigenvalue weighted by molar-refractivity contribution is 0.645. The second-order valence-electron chi connectivity index (χ2n) is 5.01. The van der Waals surface area contributed by atoms with Gasteiger partial charge in [-0.1, -0.05) is 11.3 Å². The van der Waals surface area contributed by atoms with Gasteiger partial charge >= 0.3 is 0 Å². The van der Waals surface area contributed by atoms with Gasteiger partial charge in [0.2, 0.25) is 5.13 Å². The van der Waals surface area contributed by atoms with E-state index in [2.05, 4.69) is 34.9 Å². The van der Waals surface area contributed by atoms with Crippen LogP contribution in [0, 0.1) is 6.92 Å². The van der Waals surface area contributed by atoms with E-state index in [4.69, 9.17) is 0 Å². The molecule has 4 heterocycles. The lowest BCUT2D eigenvalue weighted by Crippen LogP contribution is -2.46. The van der Waals surface area contributed by atoms with Crippen molar-refractivity contribution in [1.29, 1.82) is 0 Å². The Morgan fingerprint density at radius 2 is 1.90 bits per heavy atom. The first-order chi connectivity index (χ1) is 10.3. The molecule has 0 bridgehead atoms. The van der Waals surface area contributed by atoms with Crippen molar-refractivity contribution in [3.05, 3.63) is 23.6 Å². The average Bonchev–Trinajstić information content (AvgIpc) is 3.15. The number of H-pyrrole nitrogens is 1. The molecule has 0 unspecified atom stereocenters. The highest BCUT2D eigenvalue weighted by molar-refractivity contribution is 7.15. The molecule has 108 valence electrons. The predicted molar refractivity (Wildman–Crippen MR) is 83.0 cm³/mol. The summed E-state index contributed by atoms with van der Waals surface area (Å²) in [5.41, 5.74) is 0.891. The minimum Gasteiger partial charge on any atom is -0.352 e. The molecule has 7 nitrogen and oxygen atoms in total. The summed E-state index contributed by atoms with van der Waals surface area (Å²) in [5, 5.41) is 11.4. The van der Waals surface area contributed by atoms with Crippen LogP contribution in [0.2, 0.25) is 0 Å². The molecule has 3 aromatic heterocycles. The first-order valence-electron chi connectivity index (χ1n) is 6.89. The van der Waals surface area contributed by atoms with Crippen LogP contribution in [0.25, 0.3) is 11.0 Å². The maximum Gasteiger partial charge on any atom is 0.208 e. The molecule has 21 heavy (non-hydrogen) atoms. The van der Waals surface area contributed by atoms with Crippen LogP contribution in [0.5, 0.6) is 0 Å². The number of nitrogens with zero attached hydrogens (tertiary/aromatic N) is 6. The number of aromatic nitrogens is 5. The number of anilines is 2. The molecule has 4 rings (SSSR count). The molecule has 8 heteroatoms. The highest BCUT2D eigenvalue weighted by atomic mass is 32.1. The molecular formula is C13H15N7S. The van der Waals surface area contributed by atoms with Gasteiger partial charge in [0.1, 0.15) is 22.8 Å². The van der Waals surface area contributed by atoms with E-state index in [1.807, 2.05) is 19.2 Å². The quantitative estimate of drug-likeness (QED) is 0.772. The largest absolute Gasteiger partial charge is 0.352 e. The molecule has 1 fully saturated rings. The zero-order valence-corrected chi connectivity index (χ0v) is 12.5. The van der Waals surface area contributed by atoms with Crippen LogP contribution in [-0.4, -0.2) is 51.3 Å². The number of piperazine rings is 1. The molecule has 1 aliphatic rings. The van der Waals surface area contributed by atoms with Crippen molar-refractivity contribution in [2.45, 2.75) is 6.92 Å². The van der Waals surface area contributed by atoms with Gasteiger partial charge in [0.05, 0.1) is 5.39 Å². The fraction of sp³-hybridized carbons (Fsp3) is 0.385. The highest BCUT2D eigenvalue weighted by Crippen LogP contribution is 2.25. The summed E-state index contributed by atoms with van der Waals surface area (Å²) in [4.78, 5) is 16.4. The van der Waals surface area contributed by atoms with Crippen molar-refractivity contribution in [3.63, 3.8) is 0 Å². The Balaban J connectivity index is 1.53. The van der Waals surface area contributed by atoms with Crippen LogP contribution in [0.4, 0.5) is 10.9 Å². The summed E-state index contributed by atoms with van der Waals surface area (Å²) in [6.45, 7) is 5.71. The first-order valence-corrected chi connectivity index (χ1v) is 7.71. The number of rotatable bonds is 2. The standard InChI is InChI=1S/C13H15N7S/c1-9-17-18-13(21-9)20-6-4-19(5-7-20)12-10-2-3-14-11(10)15-8-16-12/h2-3,8H,4-7H2,1H3,(H,14,15,16). The van der Waals surface area contributed by atoms with Gasteiger partial charge in [-0.2, -0.15) is 0 Å². The normalized spacial score (nSPS) is 15.9. The van der Waals surface area contributed by atoms with Gasteiger partial charge in [0.25, 0.3) is 0 Å². The number of aromatic amines is 1. The van der Waals surface area contributed by atoms with E-state index in [-0.39, 0.29) is 0 Å². The lowest BCUT2D eigenvalue weighted by Gasteiger charge is -2.35. The first kappa shape index (κ1) is 12.5. The summed E-state index contributed by atoms with van der Waals surface area (Å²) in [6.07, 6.45) is 3.53. The molecular weight excluding hydrogens is 286 g/mol. The maximum absolute atomic E-state index is 4.46. The van der Waals surface area contributed by atoms with Crippen LogP contribution in [0.15, 0.2) is 18.6 Å². The van der Waals surface area contributed by atoms with Gasteiger partial charge in [-0.15, -0.1) is 10.2 Å². The Labute approximate surface area is 125 Å². The number of hydrogen-bond donors (Lipinski definition) is 1. The Morgan fingerprint density at radius 3 is 2.67 bits per heavy atom. The number of aryl methyl sites for hydroxylation is 1. The molecule has 0 atom stereocenters. The van der Waals surface area contributed by atoms with Crippen molar-refractivity contribution in [1.82, 2.24) is 25.1 Å². The molecule has 0 spiro atoms. The number of fused-ring (bicyclic) bond motifs is 1. The zero-order valence-electron chi connectivity index (χ0n) is 11.7. The molecule has 0 aliphatic carbocycles. The fourth-order valence-electron chi connectivity index (χ4n) is 2.63. The Morgan fingerprint density at radius 1 is 1.10 bits per heavy atom. The van der Waals surface area contributed by atoms with E-state index in [0.29, 0.717) is 0 Å². The number of hydrogen-bond acceptors (Lipinski definition) is 7. The van der Waals surface area contributed by atoms with Crippen molar-refractivity contribution in [2.24, 2.45) is 0 Å². The Bertz CT molecular complexity index is 757. The molecule has 0 saturated carbocycles. The summed E-state index contributed by atoms with van der Waals surface area (Å²) >= 11 is 1.65. The molecule has 0 radical (unpaired) electrons. The molecule has 1 aliphatic heterocycles. The van der Waals surface area contributed by atoms with Crippen LogP contribution in [0.3, 0.4) is 0 Å². The second-order valence-corrected chi connectivity index (χ2v) is 6.18. The monoisotopic (exact) mass is 301 g/mol. The number of nitrogens with one attached hydrogen (secondary N) is 1. The van der Waals surface area contributed by atoms with Crippen LogP contribution < -0.4 is 9.80 Å². The van der Waals surface area contributed by atoms with Gasteiger partial charge in [0, 0.05) is 32.4 Å². The average molecular weight is 301 g/mol. The van der Waals surface area contributed by atoms with Crippen molar-refractivity contribution < 1.29 is 0 Å². The second kappa shape index (κ2) is 4.96. The van der Waals surface area contributed by atoms with E-state index >= 15 is 0 Å². The van der Waals surface area contributed by atoms with Gasteiger partial charge < -0.3 is 14.8 Å². The van der Waals surface area contributed by atoms with Gasteiger partial charge in [0.15, 0.2) is 0 Å². The fourth-order valence-corrected chi connectivity index (χ4v) is 3.37. The Kier molecular flexibility index (Phi) is 2.95. The van der Waals surface area contributed by atoms with E-state index in [9.17, 15) is 0 Å². The topological polar surface area (TPSA) is 73.8 Å². The van der Waals surface area contributed by atoms with Gasteiger partial charge in [-0.05, 0) is 13.0 Å². The van der Waals surface area contributed by atoms with Crippen molar-refractivity contribution >= 4 is 33.3 Å². The zero-order chi connectivity index (χ0) is 14.2. The molecule has 1 saturated heterocycles. The SMILES string of the molecule is Cc1nnc(N2CCN(c3ncnc4[nH]ccc34)CC2)s1. The predicted octanol–water partition coefficient (Wildman–Crippen LogP) is 1.44. The third-order valence-corrected chi connectivity index (χ3v) is 4.60. The summed E-state index contributed by atoms with van der Waals surface area (Å²) < 4.78 is 0. The summed E-state index contributed by atoms with van der Waals surface area (Å²) in [5.74, 6) is 1.01. The van der Waals surface area contributed by atoms with Crippen LogP contribution in [0.1, 0.15) is 5.01 Å². The summed E-state index contributed by atoms with van der Waals surface area (Å²) in [6, 6.07) is 2.03. The Hall–Kier alpha value is -2.22. The van der Waals surface area contributed by atoms with E-state index < -0.39 is 0 Å². The van der Waals surface area contributed by atoms with Gasteiger partial charge in [-0.3, -0.25) is 0 Å². The van der Waals surface area contributed by atoms with Crippen molar-refractivity contribution in [2.75, 3.05) is 36.0 Å². The van der Waals surface area contributed by atoms with E-state index in [1.165, 1.54) is 0 Å². The molecule has 1 N–H and O–H groups in total. The van der Waals surface area contributed by atoms with Crippen LogP contribution in [-0.2, 0) is 0 Å². The smallest absolute Gasteiger partial charge is 0.208 e. The van der Waals surface area contributed by atoms with E-state index in [0.717, 1.165) is 53.2 Å². The van der Waals surface area contributed by atoms with Crippen LogP contribution >= 0.6 is 11.3 Å². The third-order valence-electron chi connectivity index (χ3n) is 3.70. The third kappa shape index (κ3) is 2.21. The molecule has 0 amide bonds. The van der Waals surface area contributed by atoms with Crippen molar-refractivity contribution in [3.8, 4) is 0 Å². The minimum absolute atomic E-state index is 0.891. The van der Waals surface area contributed by atoms with E-state index in [1.54, 1.807) is 17.7 Å². The minimum atomic E-state index is 0.891. The molecule has 3 aromatic rings. The lowest BCUT2D eigenvalue weighted by atomic mass is 10.3. The molecule has 0 aromatic carbocycles.